The lowest BCUT2D eigenvalue weighted by atomic mass is 9.98. The van der Waals surface area contributed by atoms with Crippen molar-refractivity contribution >= 4 is 21.4 Å². The second-order valence-electron chi connectivity index (χ2n) is 5.17. The summed E-state index contributed by atoms with van der Waals surface area (Å²) in [4.78, 5) is 0. The van der Waals surface area contributed by atoms with E-state index in [1.54, 1.807) is 0 Å². The summed E-state index contributed by atoms with van der Waals surface area (Å²) in [6.07, 6.45) is 3.95. The van der Waals surface area contributed by atoms with E-state index in [0.717, 1.165) is 19.6 Å². The van der Waals surface area contributed by atoms with E-state index in [0.29, 0.717) is 12.1 Å². The van der Waals surface area contributed by atoms with Crippen LogP contribution >= 0.6 is 11.3 Å². The van der Waals surface area contributed by atoms with Crippen molar-refractivity contribution < 1.29 is 4.74 Å². The van der Waals surface area contributed by atoms with Gasteiger partial charge in [-0.3, -0.25) is 0 Å². The molecule has 3 heteroatoms. The smallest absolute Gasteiger partial charge is 0.0594 e. The Labute approximate surface area is 118 Å². The minimum atomic E-state index is 0.421. The van der Waals surface area contributed by atoms with Crippen LogP contribution in [0.15, 0.2) is 29.6 Å². The molecule has 1 aliphatic heterocycles. The maximum Gasteiger partial charge on any atom is 0.0594 e. The average molecular weight is 275 g/mol. The molecule has 0 radical (unpaired) electrons. The molecule has 1 saturated heterocycles. The summed E-state index contributed by atoms with van der Waals surface area (Å²) in [6.45, 7) is 4.12. The molecule has 2 heterocycles. The van der Waals surface area contributed by atoms with Crippen LogP contribution < -0.4 is 5.32 Å². The Morgan fingerprint density at radius 3 is 3.11 bits per heavy atom. The van der Waals surface area contributed by atoms with Gasteiger partial charge >= 0.3 is 0 Å². The summed E-state index contributed by atoms with van der Waals surface area (Å²) in [5.41, 5.74) is 1.44. The number of benzene rings is 1. The van der Waals surface area contributed by atoms with Crippen molar-refractivity contribution in [2.45, 2.75) is 38.3 Å². The van der Waals surface area contributed by atoms with Gasteiger partial charge in [0.25, 0.3) is 0 Å². The molecule has 2 unspecified atom stereocenters. The predicted octanol–water partition coefficient (Wildman–Crippen LogP) is 4.12. The standard InChI is InChI=1S/C16H21NOS/c1-2-17-15(10-12-6-5-9-18-12)14-11-19-16-8-4-3-7-13(14)16/h3-4,7-8,11-12,15,17H,2,5-6,9-10H2,1H3. The highest BCUT2D eigenvalue weighted by Gasteiger charge is 2.23. The van der Waals surface area contributed by atoms with E-state index in [1.807, 2.05) is 11.3 Å². The number of fused-ring (bicyclic) bond motifs is 1. The van der Waals surface area contributed by atoms with Crippen LogP contribution in [-0.4, -0.2) is 19.3 Å². The molecule has 1 N–H and O–H groups in total. The van der Waals surface area contributed by atoms with Gasteiger partial charge in [0.2, 0.25) is 0 Å². The number of thiophene rings is 1. The molecule has 1 aromatic heterocycles. The molecule has 1 aromatic carbocycles. The van der Waals surface area contributed by atoms with Gasteiger partial charge in [-0.25, -0.2) is 0 Å². The molecular formula is C16H21NOS. The van der Waals surface area contributed by atoms with Gasteiger partial charge in [-0.15, -0.1) is 11.3 Å². The van der Waals surface area contributed by atoms with Crippen molar-refractivity contribution in [3.63, 3.8) is 0 Å². The first-order chi connectivity index (χ1) is 9.38. The molecule has 1 aliphatic rings. The maximum atomic E-state index is 5.80. The minimum absolute atomic E-state index is 0.421. The van der Waals surface area contributed by atoms with E-state index in [9.17, 15) is 0 Å². The van der Waals surface area contributed by atoms with Crippen LogP contribution in [0.4, 0.5) is 0 Å². The maximum absolute atomic E-state index is 5.80. The fourth-order valence-corrected chi connectivity index (χ4v) is 3.94. The van der Waals surface area contributed by atoms with Crippen molar-refractivity contribution in [2.24, 2.45) is 0 Å². The highest BCUT2D eigenvalue weighted by atomic mass is 32.1. The van der Waals surface area contributed by atoms with Crippen LogP contribution in [0.1, 0.15) is 37.8 Å². The highest BCUT2D eigenvalue weighted by Crippen LogP contribution is 2.33. The topological polar surface area (TPSA) is 21.3 Å². The van der Waals surface area contributed by atoms with Crippen molar-refractivity contribution in [2.75, 3.05) is 13.2 Å². The molecule has 3 rings (SSSR count). The number of nitrogens with one attached hydrogen (secondary N) is 1. The lowest BCUT2D eigenvalue weighted by molar-refractivity contribution is 0.0949. The van der Waals surface area contributed by atoms with E-state index in [1.165, 1.54) is 28.5 Å². The third-order valence-corrected chi connectivity index (χ3v) is 4.84. The van der Waals surface area contributed by atoms with Gasteiger partial charge in [-0.1, -0.05) is 25.1 Å². The molecule has 0 spiro atoms. The van der Waals surface area contributed by atoms with Gasteiger partial charge in [-0.05, 0) is 48.2 Å². The number of rotatable bonds is 5. The quantitative estimate of drug-likeness (QED) is 0.886. The first-order valence-corrected chi connectivity index (χ1v) is 8.07. The first kappa shape index (κ1) is 13.1. The molecule has 0 amide bonds. The summed E-state index contributed by atoms with van der Waals surface area (Å²) in [5.74, 6) is 0. The van der Waals surface area contributed by atoms with Crippen molar-refractivity contribution in [1.82, 2.24) is 5.32 Å². The molecule has 0 aliphatic carbocycles. The molecule has 2 atom stereocenters. The zero-order valence-electron chi connectivity index (χ0n) is 11.4. The largest absolute Gasteiger partial charge is 0.378 e. The monoisotopic (exact) mass is 275 g/mol. The zero-order chi connectivity index (χ0) is 13.1. The van der Waals surface area contributed by atoms with Crippen molar-refractivity contribution in [1.29, 1.82) is 0 Å². The lowest BCUT2D eigenvalue weighted by Gasteiger charge is -2.21. The fraction of sp³-hybridized carbons (Fsp3) is 0.500. The van der Waals surface area contributed by atoms with Crippen LogP contribution in [0.3, 0.4) is 0 Å². The Morgan fingerprint density at radius 2 is 2.32 bits per heavy atom. The molecule has 2 nitrogen and oxygen atoms in total. The number of hydrogen-bond donors (Lipinski definition) is 1. The predicted molar refractivity (Wildman–Crippen MR) is 81.8 cm³/mol. The van der Waals surface area contributed by atoms with E-state index < -0.39 is 0 Å². The third kappa shape index (κ3) is 2.83. The summed E-state index contributed by atoms with van der Waals surface area (Å²) in [7, 11) is 0. The van der Waals surface area contributed by atoms with Crippen molar-refractivity contribution in [3.8, 4) is 0 Å². The number of hydrogen-bond acceptors (Lipinski definition) is 3. The molecule has 0 saturated carbocycles. The normalized spacial score (nSPS) is 21.0. The van der Waals surface area contributed by atoms with Crippen LogP contribution in [0, 0.1) is 0 Å². The van der Waals surface area contributed by atoms with Gasteiger partial charge in [0, 0.05) is 17.3 Å². The van der Waals surface area contributed by atoms with Crippen LogP contribution in [-0.2, 0) is 4.74 Å². The first-order valence-electron chi connectivity index (χ1n) is 7.19. The van der Waals surface area contributed by atoms with Gasteiger partial charge in [-0.2, -0.15) is 0 Å². The fourth-order valence-electron chi connectivity index (χ4n) is 2.93. The van der Waals surface area contributed by atoms with E-state index in [4.69, 9.17) is 4.74 Å². The molecule has 2 aromatic rings. The molecule has 19 heavy (non-hydrogen) atoms. The van der Waals surface area contributed by atoms with E-state index in [2.05, 4.69) is 41.9 Å². The minimum Gasteiger partial charge on any atom is -0.378 e. The third-order valence-electron chi connectivity index (χ3n) is 3.86. The Balaban J connectivity index is 1.85. The summed E-state index contributed by atoms with van der Waals surface area (Å²) < 4.78 is 7.19. The molecule has 1 fully saturated rings. The number of ether oxygens (including phenoxy) is 1. The van der Waals surface area contributed by atoms with Crippen LogP contribution in [0.25, 0.3) is 10.1 Å². The van der Waals surface area contributed by atoms with E-state index in [-0.39, 0.29) is 0 Å². The van der Waals surface area contributed by atoms with Crippen LogP contribution in [0.2, 0.25) is 0 Å². The zero-order valence-corrected chi connectivity index (χ0v) is 12.2. The highest BCUT2D eigenvalue weighted by molar-refractivity contribution is 7.17. The van der Waals surface area contributed by atoms with Crippen molar-refractivity contribution in [3.05, 3.63) is 35.2 Å². The summed E-state index contributed by atoms with van der Waals surface area (Å²) in [6, 6.07) is 9.11. The average Bonchev–Trinajstić information content (AvgIpc) is 3.07. The Hall–Kier alpha value is -0.900. The molecular weight excluding hydrogens is 254 g/mol. The Bertz CT molecular complexity index is 530. The van der Waals surface area contributed by atoms with Gasteiger partial charge < -0.3 is 10.1 Å². The van der Waals surface area contributed by atoms with Crippen LogP contribution in [0.5, 0.6) is 0 Å². The second-order valence-corrected chi connectivity index (χ2v) is 6.08. The van der Waals surface area contributed by atoms with Gasteiger partial charge in [0.05, 0.1) is 6.10 Å². The molecule has 0 bridgehead atoms. The Morgan fingerprint density at radius 1 is 1.42 bits per heavy atom. The van der Waals surface area contributed by atoms with E-state index >= 15 is 0 Å². The molecule has 102 valence electrons. The van der Waals surface area contributed by atoms with Gasteiger partial charge in [0.1, 0.15) is 0 Å². The second kappa shape index (κ2) is 6.04. The van der Waals surface area contributed by atoms with Gasteiger partial charge in [0.15, 0.2) is 0 Å². The Kier molecular flexibility index (Phi) is 4.16. The SMILES string of the molecule is CCNC(CC1CCCO1)c1csc2ccccc12. The lowest BCUT2D eigenvalue weighted by Crippen LogP contribution is -2.25. The summed E-state index contributed by atoms with van der Waals surface area (Å²) in [5, 5.41) is 7.34. The summed E-state index contributed by atoms with van der Waals surface area (Å²) >= 11 is 1.85.